The number of halogens is 1. The Labute approximate surface area is 244 Å². The van der Waals surface area contributed by atoms with Gasteiger partial charge in [0.2, 0.25) is 5.91 Å². The molecule has 0 spiro atoms. The number of ether oxygens (including phenoxy) is 1. The normalized spacial score (nSPS) is 25.2. The van der Waals surface area contributed by atoms with E-state index in [-0.39, 0.29) is 29.2 Å². The van der Waals surface area contributed by atoms with Crippen molar-refractivity contribution in [2.24, 2.45) is 10.8 Å². The summed E-state index contributed by atoms with van der Waals surface area (Å²) in [6, 6.07) is 7.76. The first-order chi connectivity index (χ1) is 19.5. The largest absolute Gasteiger partial charge is 0.451 e. The second kappa shape index (κ2) is 10.8. The molecule has 2 aliphatic carbocycles. The number of carbonyl (C=O) groups is 2. The highest BCUT2D eigenvalue weighted by atomic mass is 35.5. The Balaban J connectivity index is 1.34. The Morgan fingerprint density at radius 1 is 1.22 bits per heavy atom. The molecule has 0 radical (unpaired) electrons. The summed E-state index contributed by atoms with van der Waals surface area (Å²) in [7, 11) is 0. The molecule has 1 aromatic carbocycles. The first kappa shape index (κ1) is 28.6. The monoisotopic (exact) mass is 575 g/mol. The summed E-state index contributed by atoms with van der Waals surface area (Å²) in [5.41, 5.74) is 0.265. The van der Waals surface area contributed by atoms with E-state index in [0.717, 1.165) is 32.1 Å². The molecule has 5 rings (SSSR count). The van der Waals surface area contributed by atoms with Crippen molar-refractivity contribution in [3.8, 4) is 17.6 Å². The molecule has 41 heavy (non-hydrogen) atoms. The number of hydrogen-bond donors (Lipinski definition) is 2. The number of nitriles is 1. The zero-order chi connectivity index (χ0) is 29.5. The SMILES string of the molecule is Cc1cc(Oc2ccc(C(=O)N[C@H](C)C(=O)N3[C@H](C4(C)C=C(Cl)C=CC4)CC[C@@H]3C3(C#N)CC3)cc2C)c(=O)[nH]n1. The molecule has 214 valence electrons. The van der Waals surface area contributed by atoms with Crippen LogP contribution in [-0.2, 0) is 4.79 Å². The molecule has 2 heterocycles. The summed E-state index contributed by atoms with van der Waals surface area (Å²) in [5.74, 6) is -0.0636. The smallest absolute Gasteiger partial charge is 0.307 e. The molecule has 1 aliphatic heterocycles. The number of aromatic nitrogens is 2. The van der Waals surface area contributed by atoms with Crippen LogP contribution >= 0.6 is 11.6 Å². The van der Waals surface area contributed by atoms with E-state index in [1.165, 1.54) is 6.07 Å². The number of aromatic amines is 1. The van der Waals surface area contributed by atoms with Crippen molar-refractivity contribution in [1.29, 1.82) is 5.26 Å². The van der Waals surface area contributed by atoms with Crippen LogP contribution in [0.15, 0.2) is 52.3 Å². The number of nitrogens with zero attached hydrogens (tertiary/aromatic N) is 3. The maximum Gasteiger partial charge on any atom is 0.307 e. The first-order valence-electron chi connectivity index (χ1n) is 13.9. The molecule has 2 amide bonds. The van der Waals surface area contributed by atoms with Crippen LogP contribution in [0.4, 0.5) is 0 Å². The standard InChI is InChI=1S/C31H34ClN5O4/c1-18-14-21(7-8-23(18)41-24-15-19(2)35-36-28(24)39)27(38)34-20(3)29(40)37-25(30(4)11-5-6-22(32)16-30)9-10-26(37)31(17-33)12-13-31/h5-8,14-16,20,25-26H,9-13H2,1-4H3,(H,34,38)(H,36,39)/t20-,25+,26-,30?/m1/s1. The van der Waals surface area contributed by atoms with Gasteiger partial charge in [-0.15, -0.1) is 0 Å². The summed E-state index contributed by atoms with van der Waals surface area (Å²) in [6.45, 7) is 7.31. The van der Waals surface area contributed by atoms with Gasteiger partial charge in [0.15, 0.2) is 5.75 Å². The van der Waals surface area contributed by atoms with Crippen LogP contribution in [-0.4, -0.2) is 45.0 Å². The van der Waals surface area contributed by atoms with Gasteiger partial charge in [0.25, 0.3) is 5.91 Å². The average Bonchev–Trinajstić information content (AvgIpc) is 3.60. The van der Waals surface area contributed by atoms with Gasteiger partial charge in [0.05, 0.1) is 23.2 Å². The van der Waals surface area contributed by atoms with Crippen molar-refractivity contribution in [2.45, 2.75) is 77.9 Å². The van der Waals surface area contributed by atoms with E-state index in [2.05, 4.69) is 28.5 Å². The molecule has 9 nitrogen and oxygen atoms in total. The number of aryl methyl sites for hydroxylation is 2. The third-order valence-corrected chi connectivity index (χ3v) is 8.86. The van der Waals surface area contributed by atoms with Crippen molar-refractivity contribution in [3.05, 3.63) is 74.7 Å². The van der Waals surface area contributed by atoms with Crippen LogP contribution in [0.25, 0.3) is 0 Å². The van der Waals surface area contributed by atoms with Gasteiger partial charge in [-0.2, -0.15) is 10.4 Å². The number of amides is 2. The lowest BCUT2D eigenvalue weighted by Gasteiger charge is -2.43. The second-order valence-corrected chi connectivity index (χ2v) is 12.2. The van der Waals surface area contributed by atoms with Gasteiger partial charge in [-0.25, -0.2) is 5.10 Å². The molecule has 2 fully saturated rings. The maximum atomic E-state index is 14.0. The summed E-state index contributed by atoms with van der Waals surface area (Å²) < 4.78 is 5.77. The molecule has 1 unspecified atom stereocenters. The highest BCUT2D eigenvalue weighted by molar-refractivity contribution is 6.31. The van der Waals surface area contributed by atoms with Crippen molar-refractivity contribution in [2.75, 3.05) is 0 Å². The quantitative estimate of drug-likeness (QED) is 0.475. The van der Waals surface area contributed by atoms with Gasteiger partial charge < -0.3 is 15.0 Å². The minimum atomic E-state index is -0.808. The van der Waals surface area contributed by atoms with Gasteiger partial charge in [0, 0.05) is 28.1 Å². The number of carbonyl (C=O) groups excluding carboxylic acids is 2. The molecule has 2 N–H and O–H groups in total. The molecule has 1 aromatic heterocycles. The number of H-pyrrole nitrogens is 1. The molecule has 1 saturated heterocycles. The molecule has 3 aliphatic rings. The van der Waals surface area contributed by atoms with Crippen LogP contribution in [0, 0.1) is 36.0 Å². The van der Waals surface area contributed by atoms with Gasteiger partial charge in [-0.05, 0) is 82.7 Å². The van der Waals surface area contributed by atoms with Crippen LogP contribution in [0.1, 0.15) is 67.6 Å². The van der Waals surface area contributed by atoms with E-state index in [9.17, 15) is 19.6 Å². The Morgan fingerprint density at radius 3 is 2.61 bits per heavy atom. The van der Waals surface area contributed by atoms with Crippen molar-refractivity contribution in [3.63, 3.8) is 0 Å². The number of hydrogen-bond acceptors (Lipinski definition) is 6. The zero-order valence-electron chi connectivity index (χ0n) is 23.7. The molecule has 2 aromatic rings. The Morgan fingerprint density at radius 2 is 1.95 bits per heavy atom. The van der Waals surface area contributed by atoms with Crippen molar-refractivity contribution in [1.82, 2.24) is 20.4 Å². The third-order valence-electron chi connectivity index (χ3n) is 8.63. The fourth-order valence-corrected chi connectivity index (χ4v) is 6.53. The number of likely N-dealkylation sites (tertiary alicyclic amines) is 1. The minimum absolute atomic E-state index is 0.107. The summed E-state index contributed by atoms with van der Waals surface area (Å²) >= 11 is 6.39. The van der Waals surface area contributed by atoms with E-state index in [4.69, 9.17) is 16.3 Å². The van der Waals surface area contributed by atoms with Crippen molar-refractivity contribution < 1.29 is 14.3 Å². The van der Waals surface area contributed by atoms with Crippen LogP contribution in [0.3, 0.4) is 0 Å². The summed E-state index contributed by atoms with van der Waals surface area (Å²) in [4.78, 5) is 41.2. The van der Waals surface area contributed by atoms with Crippen LogP contribution in [0.2, 0.25) is 0 Å². The molecular weight excluding hydrogens is 542 g/mol. The van der Waals surface area contributed by atoms with E-state index in [0.29, 0.717) is 27.6 Å². The predicted molar refractivity (Wildman–Crippen MR) is 155 cm³/mol. The molecule has 0 bridgehead atoms. The Kier molecular flexibility index (Phi) is 7.56. The molecule has 1 saturated carbocycles. The highest BCUT2D eigenvalue weighted by Crippen LogP contribution is 2.56. The number of allylic oxidation sites excluding steroid dienone is 3. The van der Waals surface area contributed by atoms with Crippen LogP contribution in [0.5, 0.6) is 11.5 Å². The number of nitrogens with one attached hydrogen (secondary N) is 2. The fraction of sp³-hybridized carbons (Fsp3) is 0.452. The molecule has 10 heteroatoms. The molecular formula is C31H34ClN5O4. The fourth-order valence-electron chi connectivity index (χ4n) is 6.19. The molecule has 4 atom stereocenters. The maximum absolute atomic E-state index is 14.0. The van der Waals surface area contributed by atoms with Gasteiger partial charge >= 0.3 is 5.56 Å². The zero-order valence-corrected chi connectivity index (χ0v) is 24.4. The number of benzene rings is 1. The van der Waals surface area contributed by atoms with Crippen LogP contribution < -0.4 is 15.6 Å². The minimum Gasteiger partial charge on any atom is -0.451 e. The van der Waals surface area contributed by atoms with E-state index < -0.39 is 22.9 Å². The van der Waals surface area contributed by atoms with E-state index in [1.807, 2.05) is 23.1 Å². The lowest BCUT2D eigenvalue weighted by molar-refractivity contribution is -0.138. The average molecular weight is 576 g/mol. The van der Waals surface area contributed by atoms with E-state index in [1.54, 1.807) is 39.0 Å². The first-order valence-corrected chi connectivity index (χ1v) is 14.3. The topological polar surface area (TPSA) is 128 Å². The third kappa shape index (κ3) is 5.53. The lowest BCUT2D eigenvalue weighted by atomic mass is 9.75. The highest BCUT2D eigenvalue weighted by Gasteiger charge is 2.59. The number of rotatable bonds is 7. The van der Waals surface area contributed by atoms with Gasteiger partial charge in [-0.1, -0.05) is 30.7 Å². The summed E-state index contributed by atoms with van der Waals surface area (Å²) in [6.07, 6.45) is 9.73. The van der Waals surface area contributed by atoms with Gasteiger partial charge in [0.1, 0.15) is 11.8 Å². The Hall–Kier alpha value is -3.90. The van der Waals surface area contributed by atoms with Crippen molar-refractivity contribution >= 4 is 23.4 Å². The predicted octanol–water partition coefficient (Wildman–Crippen LogP) is 5.05. The lowest BCUT2D eigenvalue weighted by Crippen LogP contribution is -2.56. The van der Waals surface area contributed by atoms with Gasteiger partial charge in [-0.3, -0.25) is 14.4 Å². The Bertz CT molecular complexity index is 1550. The second-order valence-electron chi connectivity index (χ2n) is 11.7. The van der Waals surface area contributed by atoms with E-state index >= 15 is 0 Å². The summed E-state index contributed by atoms with van der Waals surface area (Å²) in [5, 5.41) is 19.7.